The van der Waals surface area contributed by atoms with Gasteiger partial charge in [-0.1, -0.05) is 35.9 Å². The number of rotatable bonds is 2. The number of nitrogens with two attached hydrogens (primary N) is 1. The second kappa shape index (κ2) is 6.43. The summed E-state index contributed by atoms with van der Waals surface area (Å²) >= 11 is 7.79. The van der Waals surface area contributed by atoms with Gasteiger partial charge in [0.2, 0.25) is 12.7 Å². The van der Waals surface area contributed by atoms with E-state index in [-0.39, 0.29) is 18.0 Å². The van der Waals surface area contributed by atoms with Crippen molar-refractivity contribution in [1.29, 1.82) is 0 Å². The molecule has 0 saturated carbocycles. The average Bonchev–Trinajstić information content (AvgIpc) is 3.42. The number of carbonyl (C=O) groups is 1. The van der Waals surface area contributed by atoms with E-state index in [2.05, 4.69) is 4.99 Å². The van der Waals surface area contributed by atoms with Crippen molar-refractivity contribution in [3.05, 3.63) is 58.0 Å². The van der Waals surface area contributed by atoms with Crippen LogP contribution in [0.1, 0.15) is 24.0 Å². The lowest BCUT2D eigenvalue weighted by molar-refractivity contribution is -0.121. The zero-order valence-corrected chi connectivity index (χ0v) is 17.5. The van der Waals surface area contributed by atoms with Gasteiger partial charge >= 0.3 is 0 Å². The molecule has 2 aromatic carbocycles. The summed E-state index contributed by atoms with van der Waals surface area (Å²) in [6, 6.07) is 11.7. The van der Waals surface area contributed by atoms with Crippen LogP contribution in [0.4, 0.5) is 11.4 Å². The lowest BCUT2D eigenvalue weighted by atomic mass is 9.70. The van der Waals surface area contributed by atoms with Gasteiger partial charge in [-0.2, -0.15) is 0 Å². The number of hydrogen-bond donors (Lipinski definition) is 1. The Morgan fingerprint density at radius 1 is 1.23 bits per heavy atom. The van der Waals surface area contributed by atoms with Crippen LogP contribution in [0.5, 0.6) is 11.5 Å². The molecule has 1 spiro atoms. The number of amidine groups is 1. The number of nitrogens with zero attached hydrogens (tertiary/aromatic N) is 2. The van der Waals surface area contributed by atoms with Gasteiger partial charge in [-0.15, -0.1) is 11.8 Å². The third-order valence-corrected chi connectivity index (χ3v) is 7.62. The van der Waals surface area contributed by atoms with Crippen LogP contribution >= 0.6 is 23.4 Å². The molecule has 0 fully saturated rings. The van der Waals surface area contributed by atoms with Gasteiger partial charge in [-0.05, 0) is 24.1 Å². The summed E-state index contributed by atoms with van der Waals surface area (Å²) in [6.45, 7) is 0.750. The number of thioether (sulfide) groups is 1. The van der Waals surface area contributed by atoms with Crippen molar-refractivity contribution in [3.63, 3.8) is 0 Å². The van der Waals surface area contributed by atoms with Crippen LogP contribution in [-0.4, -0.2) is 30.3 Å². The van der Waals surface area contributed by atoms with E-state index in [4.69, 9.17) is 26.8 Å². The quantitative estimate of drug-likeness (QED) is 0.764. The topological polar surface area (TPSA) is 77.2 Å². The van der Waals surface area contributed by atoms with Gasteiger partial charge in [-0.25, -0.2) is 4.99 Å². The number of para-hydroxylation sites is 1. The molecule has 4 aliphatic rings. The number of allylic oxidation sites excluding steroid dienone is 1. The molecule has 0 aliphatic carbocycles. The number of fused-ring (bicyclic) bond motifs is 5. The van der Waals surface area contributed by atoms with Gasteiger partial charge in [0.05, 0.1) is 10.1 Å². The summed E-state index contributed by atoms with van der Waals surface area (Å²) in [4.78, 5) is 20.5. The molecule has 152 valence electrons. The summed E-state index contributed by atoms with van der Waals surface area (Å²) in [6.07, 6.45) is 3.20. The average molecular weight is 440 g/mol. The minimum absolute atomic E-state index is 0.0188. The first-order valence-electron chi connectivity index (χ1n) is 9.77. The van der Waals surface area contributed by atoms with E-state index in [0.29, 0.717) is 36.0 Å². The zero-order chi connectivity index (χ0) is 20.5. The highest BCUT2D eigenvalue weighted by molar-refractivity contribution is 8.05. The van der Waals surface area contributed by atoms with Crippen LogP contribution in [0.2, 0.25) is 0 Å². The molecule has 2 aromatic rings. The lowest BCUT2D eigenvalue weighted by Crippen LogP contribution is -2.46. The van der Waals surface area contributed by atoms with E-state index in [9.17, 15) is 4.79 Å². The molecular formula is C22H18ClN3O3S. The maximum atomic E-state index is 14.1. The molecule has 2 atom stereocenters. The minimum atomic E-state index is -0.917. The van der Waals surface area contributed by atoms with E-state index in [1.807, 2.05) is 47.4 Å². The normalized spacial score (nSPS) is 26.0. The largest absolute Gasteiger partial charge is 0.454 e. The molecule has 2 N–H and O–H groups in total. The first kappa shape index (κ1) is 18.2. The molecule has 0 saturated heterocycles. The number of aliphatic imine (C=N–C) groups is 1. The molecule has 6 nitrogen and oxygen atoms in total. The Bertz CT molecular complexity index is 1160. The van der Waals surface area contributed by atoms with Crippen LogP contribution in [-0.2, 0) is 10.2 Å². The Balaban J connectivity index is 1.51. The SMILES string of the molecule is NC1=Nc2cc3c(cc2C2(C1)C(=O)N(CC1CC=C(Cl)S1)c1ccccc12)OCO3. The van der Waals surface area contributed by atoms with Gasteiger partial charge in [0, 0.05) is 35.5 Å². The van der Waals surface area contributed by atoms with Crippen molar-refractivity contribution in [1.82, 2.24) is 0 Å². The second-order valence-electron chi connectivity index (χ2n) is 7.82. The highest BCUT2D eigenvalue weighted by Crippen LogP contribution is 2.55. The number of halogens is 1. The molecule has 30 heavy (non-hydrogen) atoms. The Morgan fingerprint density at radius 3 is 2.83 bits per heavy atom. The fourth-order valence-corrected chi connectivity index (χ4v) is 6.25. The predicted octanol–water partition coefficient (Wildman–Crippen LogP) is 4.03. The van der Waals surface area contributed by atoms with Crippen molar-refractivity contribution < 1.29 is 14.3 Å². The van der Waals surface area contributed by atoms with E-state index >= 15 is 0 Å². The van der Waals surface area contributed by atoms with E-state index in [0.717, 1.165) is 27.6 Å². The summed E-state index contributed by atoms with van der Waals surface area (Å²) < 4.78 is 11.9. The lowest BCUT2D eigenvalue weighted by Gasteiger charge is -2.33. The van der Waals surface area contributed by atoms with Crippen molar-refractivity contribution in [2.45, 2.75) is 23.5 Å². The smallest absolute Gasteiger partial charge is 0.242 e. The van der Waals surface area contributed by atoms with Gasteiger partial charge in [0.25, 0.3) is 0 Å². The van der Waals surface area contributed by atoms with Crippen LogP contribution in [0.25, 0.3) is 0 Å². The third-order valence-electron chi connectivity index (χ3n) is 6.13. The summed E-state index contributed by atoms with van der Waals surface area (Å²) in [7, 11) is 0. The molecule has 0 radical (unpaired) electrons. The number of ether oxygens (including phenoxy) is 2. The molecule has 2 unspecified atom stereocenters. The fourth-order valence-electron chi connectivity index (χ4n) is 4.86. The zero-order valence-electron chi connectivity index (χ0n) is 15.9. The van der Waals surface area contributed by atoms with Crippen LogP contribution in [0.3, 0.4) is 0 Å². The summed E-state index contributed by atoms with van der Waals surface area (Å²) in [5.74, 6) is 1.72. The Hall–Kier alpha value is -2.64. The summed E-state index contributed by atoms with van der Waals surface area (Å²) in [5, 5.41) is 0.232. The number of carbonyl (C=O) groups excluding carboxylic acids is 1. The fraction of sp³-hybridized carbons (Fsp3) is 0.273. The highest BCUT2D eigenvalue weighted by Gasteiger charge is 2.55. The third kappa shape index (κ3) is 2.45. The van der Waals surface area contributed by atoms with E-state index < -0.39 is 5.41 Å². The first-order valence-corrected chi connectivity index (χ1v) is 11.0. The van der Waals surface area contributed by atoms with Crippen molar-refractivity contribution >= 4 is 46.5 Å². The van der Waals surface area contributed by atoms with E-state index in [1.54, 1.807) is 11.8 Å². The van der Waals surface area contributed by atoms with Crippen molar-refractivity contribution in [2.24, 2.45) is 10.7 Å². The number of anilines is 1. The Morgan fingerprint density at radius 2 is 2.03 bits per heavy atom. The predicted molar refractivity (Wildman–Crippen MR) is 118 cm³/mol. The minimum Gasteiger partial charge on any atom is -0.454 e. The molecule has 4 heterocycles. The van der Waals surface area contributed by atoms with Crippen molar-refractivity contribution in [2.75, 3.05) is 18.2 Å². The van der Waals surface area contributed by atoms with Crippen molar-refractivity contribution in [3.8, 4) is 11.5 Å². The van der Waals surface area contributed by atoms with Crippen LogP contribution in [0.15, 0.2) is 51.8 Å². The molecule has 1 amide bonds. The molecule has 0 bridgehead atoms. The summed E-state index contributed by atoms with van der Waals surface area (Å²) in [5.41, 5.74) is 8.71. The molecule has 4 aliphatic heterocycles. The highest BCUT2D eigenvalue weighted by atomic mass is 35.5. The van der Waals surface area contributed by atoms with E-state index in [1.165, 1.54) is 0 Å². The Kier molecular flexibility index (Phi) is 3.89. The Labute approximate surface area is 182 Å². The van der Waals surface area contributed by atoms with Crippen LogP contribution < -0.4 is 20.1 Å². The molecule has 8 heteroatoms. The van der Waals surface area contributed by atoms with Gasteiger partial charge in [0.15, 0.2) is 11.5 Å². The maximum absolute atomic E-state index is 14.1. The number of hydrogen-bond acceptors (Lipinski definition) is 6. The van der Waals surface area contributed by atoms with Gasteiger partial charge < -0.3 is 20.1 Å². The first-order chi connectivity index (χ1) is 14.6. The molecule has 6 rings (SSSR count). The maximum Gasteiger partial charge on any atom is 0.242 e. The van der Waals surface area contributed by atoms with Gasteiger partial charge in [0.1, 0.15) is 11.3 Å². The monoisotopic (exact) mass is 439 g/mol. The molecular weight excluding hydrogens is 422 g/mol. The number of benzene rings is 2. The second-order valence-corrected chi connectivity index (χ2v) is 9.80. The molecule has 0 aromatic heterocycles. The van der Waals surface area contributed by atoms with Crippen LogP contribution in [0, 0.1) is 0 Å². The standard InChI is InChI=1S/C22H18ClN3O3S/c23-19-6-5-12(30-19)10-26-16-4-2-1-3-13(16)22(21(26)27)9-20(24)25-15-8-18-17(7-14(15)22)28-11-29-18/h1-4,6-8,12H,5,9-11H2,(H2,24,25). The number of amides is 1. The van der Waals surface area contributed by atoms with Gasteiger partial charge in [-0.3, -0.25) is 4.79 Å².